The number of rotatable bonds is 7. The fourth-order valence-corrected chi connectivity index (χ4v) is 5.34. The molecule has 0 saturated carbocycles. The highest BCUT2D eigenvalue weighted by Crippen LogP contribution is 2.31. The van der Waals surface area contributed by atoms with Gasteiger partial charge in [-0.3, -0.25) is 19.6 Å². The standard InChI is InChI=1S/C29H26N4O4S/c1-19-8-6-11-22(16-19)32-38(35,36)23-14-15-26(28(17-23)37-3)30-18-25-20(2)31-33(29(25)34)27-13-7-10-21-9-4-5-12-24(21)27/h4-18,31-32H,1-3H3. The van der Waals surface area contributed by atoms with E-state index in [0.717, 1.165) is 22.0 Å². The van der Waals surface area contributed by atoms with Gasteiger partial charge < -0.3 is 4.74 Å². The topological polar surface area (TPSA) is 106 Å². The molecule has 5 aromatic rings. The van der Waals surface area contributed by atoms with E-state index in [1.54, 1.807) is 31.2 Å². The maximum absolute atomic E-state index is 13.3. The van der Waals surface area contributed by atoms with Crippen molar-refractivity contribution in [3.63, 3.8) is 0 Å². The molecule has 1 heterocycles. The zero-order valence-electron chi connectivity index (χ0n) is 21.1. The van der Waals surface area contributed by atoms with Gasteiger partial charge in [-0.25, -0.2) is 13.1 Å². The number of fused-ring (bicyclic) bond motifs is 1. The van der Waals surface area contributed by atoms with E-state index in [1.165, 1.54) is 30.1 Å². The SMILES string of the molecule is COc1cc(S(=O)(=O)Nc2cccc(C)c2)ccc1N=Cc1c(C)[nH]n(-c2cccc3ccccc23)c1=O. The van der Waals surface area contributed by atoms with Crippen molar-refractivity contribution in [2.24, 2.45) is 4.99 Å². The Hall–Kier alpha value is -4.63. The van der Waals surface area contributed by atoms with Crippen LogP contribution in [0.25, 0.3) is 16.5 Å². The second-order valence-electron chi connectivity index (χ2n) is 8.86. The number of nitrogens with one attached hydrogen (secondary N) is 2. The Morgan fingerprint density at radius 2 is 1.71 bits per heavy atom. The van der Waals surface area contributed by atoms with Crippen LogP contribution in [0.4, 0.5) is 11.4 Å². The third-order valence-corrected chi connectivity index (χ3v) is 7.57. The third kappa shape index (κ3) is 4.83. The summed E-state index contributed by atoms with van der Waals surface area (Å²) >= 11 is 0. The van der Waals surface area contributed by atoms with E-state index >= 15 is 0 Å². The molecule has 0 radical (unpaired) electrons. The smallest absolute Gasteiger partial charge is 0.280 e. The molecule has 0 fully saturated rings. The van der Waals surface area contributed by atoms with Crippen LogP contribution in [-0.2, 0) is 10.0 Å². The molecule has 0 saturated heterocycles. The Labute approximate surface area is 220 Å². The first-order chi connectivity index (χ1) is 18.3. The summed E-state index contributed by atoms with van der Waals surface area (Å²) in [6, 6.07) is 25.1. The molecule has 9 heteroatoms. The molecule has 2 N–H and O–H groups in total. The van der Waals surface area contributed by atoms with Gasteiger partial charge in [0.05, 0.1) is 23.3 Å². The normalized spacial score (nSPS) is 11.8. The van der Waals surface area contributed by atoms with Crippen LogP contribution in [-0.4, -0.2) is 31.5 Å². The Kier molecular flexibility index (Phi) is 6.61. The van der Waals surface area contributed by atoms with Crippen LogP contribution < -0.4 is 15.0 Å². The van der Waals surface area contributed by atoms with Gasteiger partial charge in [-0.05, 0) is 55.1 Å². The van der Waals surface area contributed by atoms with Crippen molar-refractivity contribution in [3.8, 4) is 11.4 Å². The number of benzene rings is 4. The number of H-pyrrole nitrogens is 1. The predicted molar refractivity (Wildman–Crippen MR) is 151 cm³/mol. The summed E-state index contributed by atoms with van der Waals surface area (Å²) in [5.74, 6) is 0.260. The zero-order valence-corrected chi connectivity index (χ0v) is 21.9. The van der Waals surface area contributed by atoms with Gasteiger partial charge in [0.15, 0.2) is 0 Å². The van der Waals surface area contributed by atoms with Crippen LogP contribution in [0.5, 0.6) is 5.75 Å². The molecule has 1 aromatic heterocycles. The first-order valence-corrected chi connectivity index (χ1v) is 13.4. The number of methoxy groups -OCH3 is 1. The van der Waals surface area contributed by atoms with Crippen LogP contribution in [0.3, 0.4) is 0 Å². The molecule has 0 unspecified atom stereocenters. The molecule has 5 rings (SSSR count). The molecule has 4 aromatic carbocycles. The van der Waals surface area contributed by atoms with Crippen LogP contribution >= 0.6 is 0 Å². The van der Waals surface area contributed by atoms with Crippen molar-refractivity contribution in [2.75, 3.05) is 11.8 Å². The lowest BCUT2D eigenvalue weighted by Gasteiger charge is -2.11. The molecule has 0 aliphatic carbocycles. The summed E-state index contributed by atoms with van der Waals surface area (Å²) in [5, 5.41) is 5.10. The Bertz CT molecular complexity index is 1850. The molecule has 38 heavy (non-hydrogen) atoms. The van der Waals surface area contributed by atoms with Gasteiger partial charge in [0.25, 0.3) is 15.6 Å². The number of anilines is 1. The number of hydrogen-bond acceptors (Lipinski definition) is 5. The number of ether oxygens (including phenoxy) is 1. The van der Waals surface area contributed by atoms with Crippen LogP contribution in [0.15, 0.2) is 99.6 Å². The van der Waals surface area contributed by atoms with E-state index in [-0.39, 0.29) is 16.2 Å². The molecule has 0 bridgehead atoms. The number of hydrogen-bond donors (Lipinski definition) is 2. The Morgan fingerprint density at radius 3 is 2.50 bits per heavy atom. The lowest BCUT2D eigenvalue weighted by molar-refractivity contribution is 0.415. The predicted octanol–water partition coefficient (Wildman–Crippen LogP) is 5.50. The summed E-state index contributed by atoms with van der Waals surface area (Å²) < 4.78 is 35.4. The van der Waals surface area contributed by atoms with Gasteiger partial charge in [-0.1, -0.05) is 48.5 Å². The molecule has 0 spiro atoms. The maximum Gasteiger partial charge on any atom is 0.280 e. The third-order valence-electron chi connectivity index (χ3n) is 6.19. The molecule has 192 valence electrons. The quantitative estimate of drug-likeness (QED) is 0.273. The van der Waals surface area contributed by atoms with Crippen LogP contribution in [0.1, 0.15) is 16.8 Å². The zero-order chi connectivity index (χ0) is 26.9. The van der Waals surface area contributed by atoms with Crippen molar-refractivity contribution in [3.05, 3.63) is 112 Å². The second kappa shape index (κ2) is 10.0. The maximum atomic E-state index is 13.3. The van der Waals surface area contributed by atoms with Gasteiger partial charge in [-0.15, -0.1) is 0 Å². The van der Waals surface area contributed by atoms with E-state index in [1.807, 2.05) is 55.5 Å². The summed E-state index contributed by atoms with van der Waals surface area (Å²) in [6.45, 7) is 3.69. The van der Waals surface area contributed by atoms with E-state index in [0.29, 0.717) is 22.6 Å². The highest BCUT2D eigenvalue weighted by molar-refractivity contribution is 7.92. The van der Waals surface area contributed by atoms with Crippen molar-refractivity contribution in [1.82, 2.24) is 9.78 Å². The number of nitrogens with zero attached hydrogens (tertiary/aromatic N) is 2. The Balaban J connectivity index is 1.46. The molecule has 8 nitrogen and oxygen atoms in total. The lowest BCUT2D eigenvalue weighted by atomic mass is 10.1. The summed E-state index contributed by atoms with van der Waals surface area (Å²) in [7, 11) is -2.41. The molecule has 0 atom stereocenters. The van der Waals surface area contributed by atoms with Gasteiger partial charge in [0.2, 0.25) is 0 Å². The first kappa shape index (κ1) is 25.0. The van der Waals surface area contributed by atoms with E-state index < -0.39 is 10.0 Å². The minimum atomic E-state index is -3.85. The number of aryl methyl sites for hydroxylation is 2. The van der Waals surface area contributed by atoms with Gasteiger partial charge in [0, 0.05) is 29.0 Å². The molecular formula is C29H26N4O4S. The summed E-state index contributed by atoms with van der Waals surface area (Å²) in [5.41, 5.74) is 3.32. The van der Waals surface area contributed by atoms with Crippen molar-refractivity contribution >= 4 is 38.4 Å². The van der Waals surface area contributed by atoms with Crippen LogP contribution in [0.2, 0.25) is 0 Å². The van der Waals surface area contributed by atoms with E-state index in [9.17, 15) is 13.2 Å². The molecule has 0 aliphatic rings. The molecule has 0 amide bonds. The second-order valence-corrected chi connectivity index (χ2v) is 10.5. The van der Waals surface area contributed by atoms with Crippen LogP contribution in [0, 0.1) is 13.8 Å². The lowest BCUT2D eigenvalue weighted by Crippen LogP contribution is -2.17. The average Bonchev–Trinajstić information content (AvgIpc) is 3.19. The van der Waals surface area contributed by atoms with Crippen molar-refractivity contribution in [2.45, 2.75) is 18.7 Å². The molecule has 0 aliphatic heterocycles. The minimum Gasteiger partial charge on any atom is -0.494 e. The fourth-order valence-electron chi connectivity index (χ4n) is 4.27. The van der Waals surface area contributed by atoms with E-state index in [4.69, 9.17) is 4.74 Å². The first-order valence-electron chi connectivity index (χ1n) is 11.9. The number of aromatic amines is 1. The van der Waals surface area contributed by atoms with Crippen molar-refractivity contribution in [1.29, 1.82) is 0 Å². The van der Waals surface area contributed by atoms with Gasteiger partial charge >= 0.3 is 0 Å². The highest BCUT2D eigenvalue weighted by atomic mass is 32.2. The number of sulfonamides is 1. The summed E-state index contributed by atoms with van der Waals surface area (Å²) in [6.07, 6.45) is 1.47. The minimum absolute atomic E-state index is 0.0333. The van der Waals surface area contributed by atoms with E-state index in [2.05, 4.69) is 14.8 Å². The van der Waals surface area contributed by atoms with Crippen molar-refractivity contribution < 1.29 is 13.2 Å². The van der Waals surface area contributed by atoms with Gasteiger partial charge in [-0.2, -0.15) is 0 Å². The number of aliphatic imine (C=N–C) groups is 1. The highest BCUT2D eigenvalue weighted by Gasteiger charge is 2.18. The monoisotopic (exact) mass is 526 g/mol. The summed E-state index contributed by atoms with van der Waals surface area (Å²) in [4.78, 5) is 17.8. The molecular weight excluding hydrogens is 500 g/mol. The Morgan fingerprint density at radius 1 is 0.947 bits per heavy atom. The number of aromatic nitrogens is 2. The average molecular weight is 527 g/mol. The fraction of sp³-hybridized carbons (Fsp3) is 0.103. The largest absolute Gasteiger partial charge is 0.494 e. The van der Waals surface area contributed by atoms with Gasteiger partial charge in [0.1, 0.15) is 11.4 Å².